The lowest BCUT2D eigenvalue weighted by Gasteiger charge is -2.31. The number of hydrogen-bond acceptors (Lipinski definition) is 4. The number of benzene rings is 2. The average molecular weight is 378 g/mol. The Balaban J connectivity index is 1.65. The quantitative estimate of drug-likeness (QED) is 0.892. The zero-order chi connectivity index (χ0) is 17.4. The number of piperazine rings is 1. The number of hydrogen-bond donors (Lipinski definition) is 1. The summed E-state index contributed by atoms with van der Waals surface area (Å²) in [4.78, 5) is 2.58. The molecule has 2 aromatic rings. The molecule has 2 aliphatic rings. The molecule has 1 N–H and O–H groups in total. The minimum absolute atomic E-state index is 0.247. The van der Waals surface area contributed by atoms with Crippen LogP contribution < -0.4 is 10.2 Å². The first-order chi connectivity index (χ1) is 12.1. The van der Waals surface area contributed by atoms with Crippen molar-refractivity contribution in [1.82, 2.24) is 9.62 Å². The van der Waals surface area contributed by atoms with Gasteiger partial charge in [0.1, 0.15) is 0 Å². The fraction of sp³-hybridized carbons (Fsp3) is 0.333. The molecule has 0 radical (unpaired) electrons. The van der Waals surface area contributed by atoms with Crippen LogP contribution in [0.4, 0.5) is 5.69 Å². The number of fused-ring (bicyclic) bond motifs is 1. The summed E-state index contributed by atoms with van der Waals surface area (Å²) in [6.07, 6.45) is 0. The monoisotopic (exact) mass is 377 g/mol. The number of rotatable bonds is 3. The molecule has 2 aromatic carbocycles. The molecule has 7 heteroatoms. The van der Waals surface area contributed by atoms with Crippen molar-refractivity contribution in [2.45, 2.75) is 18.0 Å². The number of anilines is 1. The van der Waals surface area contributed by atoms with Crippen LogP contribution in [0.2, 0.25) is 5.02 Å². The van der Waals surface area contributed by atoms with Crippen LogP contribution in [0.3, 0.4) is 0 Å². The van der Waals surface area contributed by atoms with Gasteiger partial charge in [0.25, 0.3) is 0 Å². The maximum Gasteiger partial charge on any atom is 0.243 e. The predicted octanol–water partition coefficient (Wildman–Crippen LogP) is 2.45. The highest BCUT2D eigenvalue weighted by molar-refractivity contribution is 7.89. The van der Waals surface area contributed by atoms with E-state index in [-0.39, 0.29) is 4.90 Å². The molecular weight excluding hydrogens is 358 g/mol. The van der Waals surface area contributed by atoms with Crippen LogP contribution in [-0.4, -0.2) is 38.9 Å². The van der Waals surface area contributed by atoms with Crippen molar-refractivity contribution in [3.05, 3.63) is 58.6 Å². The van der Waals surface area contributed by atoms with Crippen LogP contribution >= 0.6 is 11.6 Å². The molecule has 0 atom stereocenters. The van der Waals surface area contributed by atoms with Gasteiger partial charge in [0.2, 0.25) is 10.0 Å². The third kappa shape index (κ3) is 3.15. The highest BCUT2D eigenvalue weighted by Crippen LogP contribution is 2.35. The van der Waals surface area contributed by atoms with Crippen LogP contribution in [0, 0.1) is 0 Å². The van der Waals surface area contributed by atoms with Crippen LogP contribution in [0.15, 0.2) is 47.4 Å². The zero-order valence-electron chi connectivity index (χ0n) is 13.8. The molecule has 2 aliphatic heterocycles. The van der Waals surface area contributed by atoms with Gasteiger partial charge in [-0.1, -0.05) is 29.8 Å². The molecule has 25 heavy (non-hydrogen) atoms. The molecule has 0 unspecified atom stereocenters. The summed E-state index contributed by atoms with van der Waals surface area (Å²) < 4.78 is 27.5. The Bertz CT molecular complexity index is 895. The van der Waals surface area contributed by atoms with Gasteiger partial charge in [0.05, 0.1) is 4.90 Å². The first-order valence-corrected chi connectivity index (χ1v) is 10.2. The summed E-state index contributed by atoms with van der Waals surface area (Å²) in [6.45, 7) is 4.60. The highest BCUT2D eigenvalue weighted by Gasteiger charge is 2.33. The summed E-state index contributed by atoms with van der Waals surface area (Å²) >= 11 is 5.98. The Morgan fingerprint density at radius 3 is 2.52 bits per heavy atom. The second-order valence-corrected chi connectivity index (χ2v) is 8.76. The summed E-state index contributed by atoms with van der Waals surface area (Å²) in [7, 11) is -3.56. The van der Waals surface area contributed by atoms with Crippen LogP contribution in [0.5, 0.6) is 0 Å². The molecule has 0 saturated carbocycles. The van der Waals surface area contributed by atoms with Gasteiger partial charge in [-0.2, -0.15) is 4.31 Å². The maximum atomic E-state index is 13.0. The third-order valence-corrected chi connectivity index (χ3v) is 6.84. The molecule has 0 spiro atoms. The van der Waals surface area contributed by atoms with E-state index < -0.39 is 10.0 Å². The van der Waals surface area contributed by atoms with Crippen molar-refractivity contribution < 1.29 is 8.42 Å². The Labute approximate surface area is 153 Å². The lowest BCUT2D eigenvalue weighted by Crippen LogP contribution is -2.43. The van der Waals surface area contributed by atoms with E-state index >= 15 is 0 Å². The molecule has 1 saturated heterocycles. The first-order valence-electron chi connectivity index (χ1n) is 8.38. The topological polar surface area (TPSA) is 52.7 Å². The predicted molar refractivity (Wildman–Crippen MR) is 99.4 cm³/mol. The van der Waals surface area contributed by atoms with Gasteiger partial charge in [0.15, 0.2) is 0 Å². The van der Waals surface area contributed by atoms with Crippen molar-refractivity contribution in [3.63, 3.8) is 0 Å². The van der Waals surface area contributed by atoms with Gasteiger partial charge in [-0.25, -0.2) is 8.42 Å². The maximum absolute atomic E-state index is 13.0. The number of nitrogens with one attached hydrogen (secondary N) is 1. The van der Waals surface area contributed by atoms with Gasteiger partial charge in [-0.05, 0) is 35.4 Å². The summed E-state index contributed by atoms with van der Waals surface area (Å²) in [5.41, 5.74) is 3.36. The molecule has 2 heterocycles. The average Bonchev–Trinajstić information content (AvgIpc) is 3.07. The van der Waals surface area contributed by atoms with Gasteiger partial charge in [0, 0.05) is 50.0 Å². The van der Waals surface area contributed by atoms with Crippen LogP contribution in [-0.2, 0) is 23.1 Å². The van der Waals surface area contributed by atoms with Crippen molar-refractivity contribution in [2.24, 2.45) is 0 Å². The molecular formula is C18H20ClN3O2S. The largest absolute Gasteiger partial charge is 0.369 e. The Kier molecular flexibility index (Phi) is 4.45. The molecule has 0 amide bonds. The Morgan fingerprint density at radius 1 is 1.00 bits per heavy atom. The zero-order valence-corrected chi connectivity index (χ0v) is 15.4. The molecule has 132 valence electrons. The summed E-state index contributed by atoms with van der Waals surface area (Å²) in [5, 5.41) is 3.78. The van der Waals surface area contributed by atoms with E-state index in [1.807, 2.05) is 12.1 Å². The van der Waals surface area contributed by atoms with Crippen molar-refractivity contribution in [3.8, 4) is 0 Å². The number of sulfonamides is 1. The second kappa shape index (κ2) is 6.61. The van der Waals surface area contributed by atoms with E-state index in [2.05, 4.69) is 16.3 Å². The van der Waals surface area contributed by atoms with Gasteiger partial charge < -0.3 is 10.2 Å². The van der Waals surface area contributed by atoms with E-state index in [9.17, 15) is 8.42 Å². The fourth-order valence-corrected chi connectivity index (χ4v) is 5.21. The minimum atomic E-state index is -3.56. The van der Waals surface area contributed by atoms with Gasteiger partial charge in [-0.15, -0.1) is 0 Å². The normalized spacial score (nSPS) is 18.4. The smallest absolute Gasteiger partial charge is 0.243 e. The molecule has 4 rings (SSSR count). The first kappa shape index (κ1) is 16.8. The summed E-state index contributed by atoms with van der Waals surface area (Å²) in [5.74, 6) is 0. The Morgan fingerprint density at radius 2 is 1.76 bits per heavy atom. The molecule has 0 aliphatic carbocycles. The van der Waals surface area contributed by atoms with Crippen molar-refractivity contribution in [1.29, 1.82) is 0 Å². The van der Waals surface area contributed by atoms with Gasteiger partial charge in [-0.3, -0.25) is 0 Å². The number of halogens is 1. The SMILES string of the molecule is O=S(=O)(c1cccc(Cl)c1)N1Cc2cccc(N3CCNCC3)c2C1. The van der Waals surface area contributed by atoms with E-state index in [1.54, 1.807) is 18.2 Å². The minimum Gasteiger partial charge on any atom is -0.369 e. The Hall–Kier alpha value is -1.60. The van der Waals surface area contributed by atoms with E-state index in [0.717, 1.165) is 43.0 Å². The third-order valence-electron chi connectivity index (χ3n) is 4.82. The van der Waals surface area contributed by atoms with Crippen LogP contribution in [0.25, 0.3) is 0 Å². The van der Waals surface area contributed by atoms with Crippen molar-refractivity contribution in [2.75, 3.05) is 31.1 Å². The molecule has 0 bridgehead atoms. The van der Waals surface area contributed by atoms with Gasteiger partial charge >= 0.3 is 0 Å². The fourth-order valence-electron chi connectivity index (χ4n) is 3.52. The molecule has 0 aromatic heterocycles. The van der Waals surface area contributed by atoms with E-state index in [0.29, 0.717) is 18.1 Å². The standard InChI is InChI=1S/C18H20ClN3O2S/c19-15-4-2-5-16(11-15)25(23,24)22-12-14-3-1-6-18(17(14)13-22)21-9-7-20-8-10-21/h1-6,11,20H,7-10,12-13H2. The van der Waals surface area contributed by atoms with E-state index in [1.165, 1.54) is 10.4 Å². The highest BCUT2D eigenvalue weighted by atomic mass is 35.5. The summed E-state index contributed by atoms with van der Waals surface area (Å²) in [6, 6.07) is 12.6. The number of nitrogens with zero attached hydrogens (tertiary/aromatic N) is 2. The van der Waals surface area contributed by atoms with E-state index in [4.69, 9.17) is 11.6 Å². The molecule has 5 nitrogen and oxygen atoms in total. The lowest BCUT2D eigenvalue weighted by molar-refractivity contribution is 0.431. The van der Waals surface area contributed by atoms with Crippen LogP contribution in [0.1, 0.15) is 11.1 Å². The van der Waals surface area contributed by atoms with Crippen molar-refractivity contribution >= 4 is 27.3 Å². The molecule has 1 fully saturated rings. The lowest BCUT2D eigenvalue weighted by atomic mass is 10.1. The second-order valence-electron chi connectivity index (χ2n) is 6.38.